The number of ether oxygens (including phenoxy) is 1. The number of amides is 1. The van der Waals surface area contributed by atoms with E-state index >= 15 is 0 Å². The van der Waals surface area contributed by atoms with Gasteiger partial charge in [0.05, 0.1) is 19.3 Å². The van der Waals surface area contributed by atoms with E-state index in [0.717, 1.165) is 6.42 Å². The molecule has 2 fully saturated rings. The van der Waals surface area contributed by atoms with Gasteiger partial charge in [0.2, 0.25) is 5.91 Å². The monoisotopic (exact) mass is 318 g/mol. The van der Waals surface area contributed by atoms with Gasteiger partial charge in [0, 0.05) is 18.2 Å². The minimum Gasteiger partial charge on any atom is -0.496 e. The number of carbonyl (C=O) groups is 1. The first-order chi connectivity index (χ1) is 11.2. The molecule has 1 aliphatic carbocycles. The van der Waals surface area contributed by atoms with Crippen molar-refractivity contribution in [2.24, 2.45) is 5.92 Å². The number of aliphatic hydroxyl groups is 1. The number of carbonyl (C=O) groups excluding carboxylic acids is 1. The van der Waals surface area contributed by atoms with Gasteiger partial charge in [-0.2, -0.15) is 0 Å². The molecule has 0 aromatic heterocycles. The lowest BCUT2D eigenvalue weighted by atomic mass is 9.85. The number of nitrogens with one attached hydrogen (secondary N) is 2. The minimum atomic E-state index is -0.765. The Bertz CT molecular complexity index is 535. The molecule has 0 bridgehead atoms. The molecule has 0 spiro atoms. The molecule has 1 amide bonds. The second kappa shape index (κ2) is 7.32. The van der Waals surface area contributed by atoms with Crippen LogP contribution in [0.2, 0.25) is 0 Å². The highest BCUT2D eigenvalue weighted by molar-refractivity contribution is 5.82. The van der Waals surface area contributed by atoms with Crippen LogP contribution in [0.3, 0.4) is 0 Å². The smallest absolute Gasteiger partial charge is 0.237 e. The van der Waals surface area contributed by atoms with Crippen molar-refractivity contribution in [2.45, 2.75) is 50.3 Å². The van der Waals surface area contributed by atoms with Gasteiger partial charge >= 0.3 is 0 Å². The molecule has 1 heterocycles. The lowest BCUT2D eigenvalue weighted by molar-refractivity contribution is -0.123. The average Bonchev–Trinajstić information content (AvgIpc) is 3.03. The van der Waals surface area contributed by atoms with E-state index in [0.29, 0.717) is 23.3 Å². The molecule has 5 heteroatoms. The Kier molecular flexibility index (Phi) is 5.18. The molecule has 1 saturated carbocycles. The first kappa shape index (κ1) is 16.3. The molecule has 1 saturated heterocycles. The Morgan fingerprint density at radius 3 is 2.96 bits per heavy atom. The maximum absolute atomic E-state index is 12.4. The predicted molar refractivity (Wildman–Crippen MR) is 88.3 cm³/mol. The number of para-hydroxylation sites is 1. The molecule has 126 valence electrons. The van der Waals surface area contributed by atoms with Crippen molar-refractivity contribution in [3.63, 3.8) is 0 Å². The van der Waals surface area contributed by atoms with Gasteiger partial charge in [0.25, 0.3) is 0 Å². The maximum atomic E-state index is 12.4. The van der Waals surface area contributed by atoms with Crippen molar-refractivity contribution < 1.29 is 14.6 Å². The first-order valence-corrected chi connectivity index (χ1v) is 8.53. The van der Waals surface area contributed by atoms with Gasteiger partial charge in [-0.1, -0.05) is 31.0 Å². The zero-order valence-corrected chi connectivity index (χ0v) is 13.6. The molecule has 5 nitrogen and oxygen atoms in total. The van der Waals surface area contributed by atoms with Gasteiger partial charge in [0.1, 0.15) is 5.75 Å². The van der Waals surface area contributed by atoms with Crippen molar-refractivity contribution >= 4 is 5.91 Å². The summed E-state index contributed by atoms with van der Waals surface area (Å²) in [6.07, 6.45) is 5.10. The summed E-state index contributed by atoms with van der Waals surface area (Å²) in [4.78, 5) is 12.4. The molecule has 2 aliphatic rings. The van der Waals surface area contributed by atoms with Crippen molar-refractivity contribution in [3.8, 4) is 5.75 Å². The topological polar surface area (TPSA) is 70.6 Å². The van der Waals surface area contributed by atoms with Gasteiger partial charge in [-0.15, -0.1) is 0 Å². The molecule has 4 atom stereocenters. The third kappa shape index (κ3) is 3.67. The average molecular weight is 318 g/mol. The predicted octanol–water partition coefficient (Wildman–Crippen LogP) is 1.77. The van der Waals surface area contributed by atoms with Crippen molar-refractivity contribution in [1.29, 1.82) is 0 Å². The van der Waals surface area contributed by atoms with Crippen LogP contribution in [0.25, 0.3) is 0 Å². The number of hydrogen-bond donors (Lipinski definition) is 3. The maximum Gasteiger partial charge on any atom is 0.237 e. The quantitative estimate of drug-likeness (QED) is 0.774. The summed E-state index contributed by atoms with van der Waals surface area (Å²) < 4.78 is 5.25. The zero-order chi connectivity index (χ0) is 16.2. The highest BCUT2D eigenvalue weighted by Crippen LogP contribution is 2.33. The van der Waals surface area contributed by atoms with E-state index < -0.39 is 6.10 Å². The van der Waals surface area contributed by atoms with Crippen LogP contribution >= 0.6 is 0 Å². The van der Waals surface area contributed by atoms with E-state index in [1.54, 1.807) is 7.11 Å². The van der Waals surface area contributed by atoms with E-state index in [1.165, 1.54) is 25.7 Å². The summed E-state index contributed by atoms with van der Waals surface area (Å²) in [6, 6.07) is 7.72. The summed E-state index contributed by atoms with van der Waals surface area (Å²) in [5.41, 5.74) is 0.698. The van der Waals surface area contributed by atoms with Crippen LogP contribution in [0.5, 0.6) is 5.75 Å². The summed E-state index contributed by atoms with van der Waals surface area (Å²) >= 11 is 0. The van der Waals surface area contributed by atoms with Crippen LogP contribution in [-0.2, 0) is 4.79 Å². The van der Waals surface area contributed by atoms with Crippen LogP contribution in [0.15, 0.2) is 24.3 Å². The summed E-state index contributed by atoms with van der Waals surface area (Å²) in [6.45, 7) is 0.201. The lowest BCUT2D eigenvalue weighted by Gasteiger charge is -2.24. The SMILES string of the molecule is COc1ccccc1[C@H](O)CNC(=O)[C@@H]1C[C@@H]2CCCC[C@H]2N1. The van der Waals surface area contributed by atoms with Crippen LogP contribution in [-0.4, -0.2) is 36.8 Å². The molecule has 1 aromatic carbocycles. The molecule has 1 aromatic rings. The highest BCUT2D eigenvalue weighted by Gasteiger charge is 2.38. The highest BCUT2D eigenvalue weighted by atomic mass is 16.5. The standard InChI is InChI=1S/C18H26N2O3/c1-23-17-9-5-3-7-13(17)16(21)11-19-18(22)15-10-12-6-2-4-8-14(12)20-15/h3,5,7,9,12,14-16,20-21H,2,4,6,8,10-11H2,1H3,(H,19,22)/t12-,14+,15-,16+/m0/s1. The summed E-state index contributed by atoms with van der Waals surface area (Å²) in [7, 11) is 1.58. The van der Waals surface area contributed by atoms with Crippen molar-refractivity contribution in [3.05, 3.63) is 29.8 Å². The van der Waals surface area contributed by atoms with Gasteiger partial charge < -0.3 is 20.5 Å². The van der Waals surface area contributed by atoms with Gasteiger partial charge in [0.15, 0.2) is 0 Å². The lowest BCUT2D eigenvalue weighted by Crippen LogP contribution is -2.44. The molecule has 3 rings (SSSR count). The molecule has 0 unspecified atom stereocenters. The number of benzene rings is 1. The molecule has 3 N–H and O–H groups in total. The van der Waals surface area contributed by atoms with E-state index in [-0.39, 0.29) is 18.5 Å². The van der Waals surface area contributed by atoms with E-state index in [4.69, 9.17) is 4.74 Å². The van der Waals surface area contributed by atoms with Crippen LogP contribution in [0.1, 0.15) is 43.8 Å². The van der Waals surface area contributed by atoms with Crippen LogP contribution in [0.4, 0.5) is 0 Å². The summed E-state index contributed by atoms with van der Waals surface area (Å²) in [5, 5.41) is 16.7. The van der Waals surface area contributed by atoms with Gasteiger partial charge in [-0.3, -0.25) is 4.79 Å². The fraction of sp³-hybridized carbons (Fsp3) is 0.611. The Morgan fingerprint density at radius 2 is 2.17 bits per heavy atom. The second-order valence-electron chi connectivity index (χ2n) is 6.61. The van der Waals surface area contributed by atoms with Gasteiger partial charge in [-0.05, 0) is 31.2 Å². The Morgan fingerprint density at radius 1 is 1.39 bits per heavy atom. The normalized spacial score (nSPS) is 28.0. The third-order valence-electron chi connectivity index (χ3n) is 5.15. The number of hydrogen-bond acceptors (Lipinski definition) is 4. The molecular weight excluding hydrogens is 292 g/mol. The zero-order valence-electron chi connectivity index (χ0n) is 13.6. The number of aliphatic hydroxyl groups excluding tert-OH is 1. The summed E-state index contributed by atoms with van der Waals surface area (Å²) in [5.74, 6) is 1.27. The second-order valence-corrected chi connectivity index (χ2v) is 6.61. The van der Waals surface area contributed by atoms with E-state index in [9.17, 15) is 9.90 Å². The van der Waals surface area contributed by atoms with Crippen LogP contribution in [0, 0.1) is 5.92 Å². The Balaban J connectivity index is 1.53. The molecular formula is C18H26N2O3. The largest absolute Gasteiger partial charge is 0.496 e. The number of methoxy groups -OCH3 is 1. The van der Waals surface area contributed by atoms with Crippen molar-refractivity contribution in [1.82, 2.24) is 10.6 Å². The fourth-order valence-corrected chi connectivity index (χ4v) is 3.89. The molecule has 1 aliphatic heterocycles. The Labute approximate surface area is 137 Å². The Hall–Kier alpha value is -1.59. The van der Waals surface area contributed by atoms with Gasteiger partial charge in [-0.25, -0.2) is 0 Å². The first-order valence-electron chi connectivity index (χ1n) is 8.53. The molecule has 0 radical (unpaired) electrons. The van der Waals surface area contributed by atoms with E-state index in [1.807, 2.05) is 24.3 Å². The van der Waals surface area contributed by atoms with Crippen molar-refractivity contribution in [2.75, 3.05) is 13.7 Å². The minimum absolute atomic E-state index is 0.00616. The van der Waals surface area contributed by atoms with Crippen LogP contribution < -0.4 is 15.4 Å². The number of rotatable bonds is 5. The fourth-order valence-electron chi connectivity index (χ4n) is 3.89. The number of fused-ring (bicyclic) bond motifs is 1. The third-order valence-corrected chi connectivity index (χ3v) is 5.15. The van der Waals surface area contributed by atoms with E-state index in [2.05, 4.69) is 10.6 Å². The molecule has 23 heavy (non-hydrogen) atoms.